The maximum atomic E-state index is 12.6. The summed E-state index contributed by atoms with van der Waals surface area (Å²) in [5.41, 5.74) is 0.110. The number of rotatable bonds is 3. The highest BCUT2D eigenvalue weighted by molar-refractivity contribution is 7.91. The first kappa shape index (κ1) is 18.4. The number of hydrazone groups is 1. The Kier molecular flexibility index (Phi) is 4.92. The van der Waals surface area contributed by atoms with Crippen LogP contribution in [0, 0.1) is 5.92 Å². The molecule has 0 aromatic carbocycles. The average Bonchev–Trinajstić information content (AvgIpc) is 2.90. The van der Waals surface area contributed by atoms with Gasteiger partial charge in [0.2, 0.25) is 5.91 Å². The molecule has 1 N–H and O–H groups in total. The quantitative estimate of drug-likeness (QED) is 0.809. The Morgan fingerprint density at radius 3 is 2.52 bits per heavy atom. The van der Waals surface area contributed by atoms with E-state index in [-0.39, 0.29) is 35.3 Å². The Balaban J connectivity index is 1.69. The smallest absolute Gasteiger partial charge is 0.267 e. The van der Waals surface area contributed by atoms with Gasteiger partial charge in [0.05, 0.1) is 17.5 Å². The molecule has 1 aliphatic carbocycles. The molecule has 3 rings (SSSR count). The fourth-order valence-electron chi connectivity index (χ4n) is 3.86. The molecule has 1 saturated carbocycles. The van der Waals surface area contributed by atoms with Gasteiger partial charge in [-0.1, -0.05) is 6.92 Å². The van der Waals surface area contributed by atoms with E-state index in [0.717, 1.165) is 25.7 Å². The first-order valence-electron chi connectivity index (χ1n) is 9.10. The van der Waals surface area contributed by atoms with Crippen LogP contribution < -0.4 is 5.32 Å². The van der Waals surface area contributed by atoms with Crippen molar-refractivity contribution >= 4 is 27.4 Å². The molecule has 0 radical (unpaired) electrons. The van der Waals surface area contributed by atoms with Gasteiger partial charge in [-0.2, -0.15) is 5.10 Å². The van der Waals surface area contributed by atoms with E-state index in [2.05, 4.69) is 24.3 Å². The van der Waals surface area contributed by atoms with Gasteiger partial charge in [-0.05, 0) is 44.9 Å². The van der Waals surface area contributed by atoms with Gasteiger partial charge in [0, 0.05) is 18.4 Å². The molecule has 2 amide bonds. The summed E-state index contributed by atoms with van der Waals surface area (Å²) in [6.45, 7) is 4.29. The number of amides is 2. The number of hydrogen-bond acceptors (Lipinski definition) is 5. The zero-order valence-electron chi connectivity index (χ0n) is 15.0. The molecular weight excluding hydrogens is 342 g/mol. The van der Waals surface area contributed by atoms with Crippen molar-refractivity contribution < 1.29 is 18.0 Å². The molecule has 0 spiro atoms. The van der Waals surface area contributed by atoms with Gasteiger partial charge in [-0.3, -0.25) is 9.59 Å². The Bertz CT molecular complexity index is 693. The van der Waals surface area contributed by atoms with E-state index in [1.807, 2.05) is 0 Å². The van der Waals surface area contributed by atoms with Gasteiger partial charge in [0.15, 0.2) is 9.84 Å². The van der Waals surface area contributed by atoms with Crippen molar-refractivity contribution in [2.45, 2.75) is 70.4 Å². The van der Waals surface area contributed by atoms with E-state index >= 15 is 0 Å². The molecule has 0 bridgehead atoms. The first-order valence-corrected chi connectivity index (χ1v) is 10.9. The van der Waals surface area contributed by atoms with Gasteiger partial charge in [0.1, 0.15) is 5.71 Å². The number of carbonyl (C=O) groups is 2. The number of nitrogens with one attached hydrogen (secondary N) is 1. The van der Waals surface area contributed by atoms with E-state index in [1.54, 1.807) is 0 Å². The third kappa shape index (κ3) is 4.22. The Morgan fingerprint density at radius 1 is 1.24 bits per heavy atom. The van der Waals surface area contributed by atoms with E-state index in [9.17, 15) is 18.0 Å². The molecule has 7 nitrogen and oxygen atoms in total. The Hall–Kier alpha value is -1.44. The topological polar surface area (TPSA) is 95.9 Å². The predicted molar refractivity (Wildman–Crippen MR) is 94.8 cm³/mol. The van der Waals surface area contributed by atoms with Crippen molar-refractivity contribution in [3.8, 4) is 0 Å². The zero-order valence-corrected chi connectivity index (χ0v) is 15.8. The lowest BCUT2D eigenvalue weighted by Crippen LogP contribution is -2.52. The minimum atomic E-state index is -3.11. The summed E-state index contributed by atoms with van der Waals surface area (Å²) in [5.74, 6) is 0.280. The summed E-state index contributed by atoms with van der Waals surface area (Å²) in [7, 11) is -3.11. The van der Waals surface area contributed by atoms with Crippen LogP contribution in [0.25, 0.3) is 0 Å². The molecule has 8 heteroatoms. The minimum absolute atomic E-state index is 0.0628. The molecule has 0 aromatic heterocycles. The van der Waals surface area contributed by atoms with E-state index in [4.69, 9.17) is 0 Å². The lowest BCUT2D eigenvalue weighted by atomic mass is 9.78. The van der Waals surface area contributed by atoms with Crippen molar-refractivity contribution in [3.05, 3.63) is 0 Å². The van der Waals surface area contributed by atoms with Gasteiger partial charge in [-0.15, -0.1) is 0 Å². The fraction of sp³-hybridized carbons (Fsp3) is 0.824. The summed E-state index contributed by atoms with van der Waals surface area (Å²) in [6.07, 6.45) is 4.97. The molecule has 3 aliphatic rings. The summed E-state index contributed by atoms with van der Waals surface area (Å²) in [5, 5.41) is 8.59. The SMILES string of the molecule is CC1CCC(C)(NC(=O)C2=NN([C@@H]3CCS(=O)(=O)C3)C(=O)CC2)CC1. The van der Waals surface area contributed by atoms with Crippen LogP contribution in [0.1, 0.15) is 58.8 Å². The van der Waals surface area contributed by atoms with Crippen LogP contribution in [0.5, 0.6) is 0 Å². The maximum absolute atomic E-state index is 12.6. The van der Waals surface area contributed by atoms with Gasteiger partial charge >= 0.3 is 0 Å². The molecule has 1 saturated heterocycles. The van der Waals surface area contributed by atoms with Crippen LogP contribution in [0.4, 0.5) is 0 Å². The van der Waals surface area contributed by atoms with Crippen LogP contribution >= 0.6 is 0 Å². The highest BCUT2D eigenvalue weighted by Crippen LogP contribution is 2.31. The van der Waals surface area contributed by atoms with Crippen molar-refractivity contribution in [1.82, 2.24) is 10.3 Å². The number of nitrogens with zero attached hydrogens (tertiary/aromatic N) is 2. The monoisotopic (exact) mass is 369 g/mol. The molecule has 0 unspecified atom stereocenters. The summed E-state index contributed by atoms with van der Waals surface area (Å²) < 4.78 is 23.3. The third-order valence-electron chi connectivity index (χ3n) is 5.67. The van der Waals surface area contributed by atoms with E-state index in [0.29, 0.717) is 24.5 Å². The lowest BCUT2D eigenvalue weighted by Gasteiger charge is -2.37. The number of carbonyl (C=O) groups excluding carboxylic acids is 2. The van der Waals surface area contributed by atoms with Crippen molar-refractivity contribution in [1.29, 1.82) is 0 Å². The van der Waals surface area contributed by atoms with Crippen molar-refractivity contribution in [3.63, 3.8) is 0 Å². The summed E-state index contributed by atoms with van der Waals surface area (Å²) >= 11 is 0. The van der Waals surface area contributed by atoms with Gasteiger partial charge in [0.25, 0.3) is 5.91 Å². The Morgan fingerprint density at radius 2 is 1.92 bits per heavy atom. The molecule has 25 heavy (non-hydrogen) atoms. The normalized spacial score (nSPS) is 35.4. The van der Waals surface area contributed by atoms with Crippen LogP contribution in [0.3, 0.4) is 0 Å². The Labute approximate surface area is 149 Å². The van der Waals surface area contributed by atoms with E-state index < -0.39 is 15.9 Å². The number of hydrogen-bond donors (Lipinski definition) is 1. The van der Waals surface area contributed by atoms with E-state index in [1.165, 1.54) is 5.01 Å². The largest absolute Gasteiger partial charge is 0.346 e. The fourth-order valence-corrected chi connectivity index (χ4v) is 5.55. The maximum Gasteiger partial charge on any atom is 0.267 e. The van der Waals surface area contributed by atoms with Crippen molar-refractivity contribution in [2.24, 2.45) is 11.0 Å². The molecule has 2 aliphatic heterocycles. The zero-order chi connectivity index (χ0) is 18.2. The van der Waals surface area contributed by atoms with Crippen LogP contribution in [-0.2, 0) is 19.4 Å². The highest BCUT2D eigenvalue weighted by Gasteiger charge is 2.38. The molecule has 2 heterocycles. The summed E-state index contributed by atoms with van der Waals surface area (Å²) in [6, 6.07) is -0.438. The average molecular weight is 369 g/mol. The second-order valence-corrected chi connectivity index (χ2v) is 10.3. The highest BCUT2D eigenvalue weighted by atomic mass is 32.2. The summed E-state index contributed by atoms with van der Waals surface area (Å²) in [4.78, 5) is 24.8. The molecule has 1 atom stereocenters. The molecule has 140 valence electrons. The van der Waals surface area contributed by atoms with Crippen molar-refractivity contribution in [2.75, 3.05) is 11.5 Å². The first-order chi connectivity index (χ1) is 11.7. The predicted octanol–water partition coefficient (Wildman–Crippen LogP) is 1.24. The lowest BCUT2D eigenvalue weighted by molar-refractivity contribution is -0.133. The van der Waals surface area contributed by atoms with Gasteiger partial charge in [-0.25, -0.2) is 13.4 Å². The van der Waals surface area contributed by atoms with Crippen LogP contribution in [0.15, 0.2) is 5.10 Å². The second-order valence-electron chi connectivity index (χ2n) is 8.04. The second kappa shape index (κ2) is 6.70. The molecule has 0 aromatic rings. The van der Waals surface area contributed by atoms with Crippen LogP contribution in [-0.4, -0.2) is 54.0 Å². The molecule has 2 fully saturated rings. The third-order valence-corrected chi connectivity index (χ3v) is 7.42. The minimum Gasteiger partial charge on any atom is -0.346 e. The standard InChI is InChI=1S/C17H27N3O4S/c1-12-5-8-17(2,9-6-12)18-16(22)14-3-4-15(21)20(19-14)13-7-10-25(23,24)11-13/h12-13H,3-11H2,1-2H3,(H,18,22)/t12?,13-,17?/m1/s1. The van der Waals surface area contributed by atoms with Gasteiger partial charge < -0.3 is 5.32 Å². The van der Waals surface area contributed by atoms with Crippen LogP contribution in [0.2, 0.25) is 0 Å². The molecular formula is C17H27N3O4S. The number of sulfone groups is 1.